The molecule has 2 aliphatic carbocycles. The van der Waals surface area contributed by atoms with Crippen LogP contribution in [-0.4, -0.2) is 57.4 Å². The van der Waals surface area contributed by atoms with Gasteiger partial charge in [0.25, 0.3) is 0 Å². The van der Waals surface area contributed by atoms with Crippen LogP contribution in [0.3, 0.4) is 0 Å². The first kappa shape index (κ1) is 19.3. The van der Waals surface area contributed by atoms with Crippen molar-refractivity contribution in [2.45, 2.75) is 43.9 Å². The molecule has 0 bridgehead atoms. The Balaban J connectivity index is 1.43. The van der Waals surface area contributed by atoms with Gasteiger partial charge < -0.3 is 10.4 Å². The summed E-state index contributed by atoms with van der Waals surface area (Å²) >= 11 is 0. The van der Waals surface area contributed by atoms with E-state index in [1.807, 2.05) is 4.90 Å². The highest BCUT2D eigenvalue weighted by Gasteiger charge is 2.38. The van der Waals surface area contributed by atoms with Crippen molar-refractivity contribution >= 4 is 17.8 Å². The van der Waals surface area contributed by atoms with Crippen LogP contribution in [0.5, 0.6) is 0 Å². The monoisotopic (exact) mass is 387 g/mol. The van der Waals surface area contributed by atoms with Crippen molar-refractivity contribution in [3.63, 3.8) is 0 Å². The fourth-order valence-corrected chi connectivity index (χ4v) is 3.04. The summed E-state index contributed by atoms with van der Waals surface area (Å²) in [4.78, 5) is 24.9. The van der Waals surface area contributed by atoms with Gasteiger partial charge in [-0.25, -0.2) is 4.79 Å². The molecule has 2 fully saturated rings. The summed E-state index contributed by atoms with van der Waals surface area (Å²) in [6, 6.07) is 1.18. The number of anilines is 1. The van der Waals surface area contributed by atoms with Crippen molar-refractivity contribution in [2.24, 2.45) is 5.92 Å². The second kappa shape index (κ2) is 7.67. The molecule has 0 atom stereocenters. The second-order valence-corrected chi connectivity index (χ2v) is 6.99. The number of carboxylic acid groups (broad SMARTS) is 1. The Morgan fingerprint density at radius 1 is 1.22 bits per heavy atom. The third kappa shape index (κ3) is 5.52. The molecule has 0 aliphatic heterocycles. The summed E-state index contributed by atoms with van der Waals surface area (Å²) in [5.74, 6) is -0.388. The maximum absolute atomic E-state index is 12.4. The standard InChI is InChI=1S/C16H20F3N5O3/c17-16(18,19)12-3-4-13(23-22-12)21-15(27)20-10-5-11(6-10)24(8-14(25)26)7-9-1-2-9/h3-4,9-11H,1-2,5-8H2,(H,25,26)(H2,20,21,23,27). The Morgan fingerprint density at radius 2 is 1.93 bits per heavy atom. The van der Waals surface area contributed by atoms with Crippen LogP contribution in [0.2, 0.25) is 0 Å². The largest absolute Gasteiger partial charge is 0.480 e. The van der Waals surface area contributed by atoms with Crippen molar-refractivity contribution in [3.8, 4) is 0 Å². The highest BCUT2D eigenvalue weighted by molar-refractivity contribution is 5.88. The molecule has 2 aliphatic rings. The Hall–Kier alpha value is -2.43. The number of aliphatic carboxylic acids is 1. The fourth-order valence-electron chi connectivity index (χ4n) is 3.04. The number of nitrogens with zero attached hydrogens (tertiary/aromatic N) is 3. The molecule has 1 aromatic rings. The molecule has 0 aromatic carbocycles. The smallest absolute Gasteiger partial charge is 0.435 e. The molecule has 3 N–H and O–H groups in total. The number of carboxylic acids is 1. The van der Waals surface area contributed by atoms with Gasteiger partial charge in [-0.2, -0.15) is 13.2 Å². The molecule has 11 heteroatoms. The minimum atomic E-state index is -4.59. The maximum Gasteiger partial charge on any atom is 0.435 e. The van der Waals surface area contributed by atoms with Gasteiger partial charge in [-0.15, -0.1) is 10.2 Å². The first-order chi connectivity index (χ1) is 12.7. The molecule has 8 nitrogen and oxygen atoms in total. The van der Waals surface area contributed by atoms with Crippen molar-refractivity contribution in [3.05, 3.63) is 17.8 Å². The molecule has 1 heterocycles. The van der Waals surface area contributed by atoms with Gasteiger partial charge in [-0.05, 0) is 43.7 Å². The topological polar surface area (TPSA) is 107 Å². The Morgan fingerprint density at radius 3 is 2.44 bits per heavy atom. The molecule has 27 heavy (non-hydrogen) atoms. The van der Waals surface area contributed by atoms with E-state index in [0.717, 1.165) is 31.5 Å². The lowest BCUT2D eigenvalue weighted by atomic mass is 9.85. The van der Waals surface area contributed by atoms with Crippen LogP contribution in [-0.2, 0) is 11.0 Å². The van der Waals surface area contributed by atoms with Crippen LogP contribution in [0.1, 0.15) is 31.4 Å². The number of hydrogen-bond acceptors (Lipinski definition) is 5. The molecular formula is C16H20F3N5O3. The van der Waals surface area contributed by atoms with Gasteiger partial charge in [0.1, 0.15) is 0 Å². The van der Waals surface area contributed by atoms with Crippen molar-refractivity contribution in [2.75, 3.05) is 18.4 Å². The fraction of sp³-hybridized carbons (Fsp3) is 0.625. The Bertz CT molecular complexity index is 688. The first-order valence-electron chi connectivity index (χ1n) is 8.65. The minimum Gasteiger partial charge on any atom is -0.480 e. The number of amides is 2. The predicted molar refractivity (Wildman–Crippen MR) is 87.9 cm³/mol. The molecule has 0 spiro atoms. The second-order valence-electron chi connectivity index (χ2n) is 6.99. The quantitative estimate of drug-likeness (QED) is 0.660. The van der Waals surface area contributed by atoms with Crippen LogP contribution >= 0.6 is 0 Å². The van der Waals surface area contributed by atoms with E-state index in [9.17, 15) is 22.8 Å². The lowest BCUT2D eigenvalue weighted by Crippen LogP contribution is -2.55. The zero-order chi connectivity index (χ0) is 19.6. The summed E-state index contributed by atoms with van der Waals surface area (Å²) in [6.45, 7) is 0.748. The van der Waals surface area contributed by atoms with Gasteiger partial charge in [-0.1, -0.05) is 0 Å². The SMILES string of the molecule is O=C(O)CN(CC1CC1)C1CC(NC(=O)Nc2ccc(C(F)(F)F)nn2)C1. The molecule has 3 rings (SSSR count). The number of carbonyl (C=O) groups excluding carboxylic acids is 1. The molecule has 148 valence electrons. The lowest BCUT2D eigenvalue weighted by molar-refractivity contribution is -0.142. The van der Waals surface area contributed by atoms with Gasteiger partial charge in [0.05, 0.1) is 6.54 Å². The average Bonchev–Trinajstić information content (AvgIpc) is 3.33. The molecule has 0 radical (unpaired) electrons. The van der Waals surface area contributed by atoms with E-state index in [4.69, 9.17) is 5.11 Å². The summed E-state index contributed by atoms with van der Waals surface area (Å²) in [6.07, 6.45) is -1.07. The van der Waals surface area contributed by atoms with E-state index in [0.29, 0.717) is 18.8 Å². The number of halogens is 3. The van der Waals surface area contributed by atoms with E-state index in [-0.39, 0.29) is 24.4 Å². The third-order valence-corrected chi connectivity index (χ3v) is 4.69. The van der Waals surface area contributed by atoms with Crippen LogP contribution in [0, 0.1) is 5.92 Å². The van der Waals surface area contributed by atoms with E-state index in [2.05, 4.69) is 20.8 Å². The normalized spacial score (nSPS) is 22.2. The van der Waals surface area contributed by atoms with Gasteiger partial charge in [0, 0.05) is 18.6 Å². The number of rotatable bonds is 7. The molecule has 0 saturated heterocycles. The van der Waals surface area contributed by atoms with Crippen LogP contribution in [0.15, 0.2) is 12.1 Å². The molecule has 0 unspecified atom stereocenters. The minimum absolute atomic E-state index is 0.0127. The summed E-state index contributed by atoms with van der Waals surface area (Å²) in [5.41, 5.74) is -1.13. The number of urea groups is 1. The summed E-state index contributed by atoms with van der Waals surface area (Å²) in [5, 5.41) is 20.4. The number of carbonyl (C=O) groups is 2. The van der Waals surface area contributed by atoms with Gasteiger partial charge in [0.15, 0.2) is 11.5 Å². The summed E-state index contributed by atoms with van der Waals surface area (Å²) in [7, 11) is 0. The predicted octanol–water partition coefficient (Wildman–Crippen LogP) is 1.94. The van der Waals surface area contributed by atoms with E-state index >= 15 is 0 Å². The first-order valence-corrected chi connectivity index (χ1v) is 8.65. The molecule has 1 aromatic heterocycles. The van der Waals surface area contributed by atoms with Gasteiger partial charge in [-0.3, -0.25) is 15.0 Å². The van der Waals surface area contributed by atoms with Crippen molar-refractivity contribution in [1.29, 1.82) is 0 Å². The maximum atomic E-state index is 12.4. The van der Waals surface area contributed by atoms with E-state index < -0.39 is 23.9 Å². The number of alkyl halides is 3. The zero-order valence-electron chi connectivity index (χ0n) is 14.4. The third-order valence-electron chi connectivity index (χ3n) is 4.69. The zero-order valence-corrected chi connectivity index (χ0v) is 14.4. The highest BCUT2D eigenvalue weighted by Crippen LogP contribution is 2.33. The Labute approximate surface area is 153 Å². The molecule has 2 saturated carbocycles. The number of nitrogens with one attached hydrogen (secondary N) is 2. The van der Waals surface area contributed by atoms with Gasteiger partial charge in [0.2, 0.25) is 0 Å². The van der Waals surface area contributed by atoms with Crippen LogP contribution < -0.4 is 10.6 Å². The summed E-state index contributed by atoms with van der Waals surface area (Å²) < 4.78 is 37.3. The highest BCUT2D eigenvalue weighted by atomic mass is 19.4. The van der Waals surface area contributed by atoms with E-state index in [1.54, 1.807) is 0 Å². The number of hydrogen-bond donors (Lipinski definition) is 3. The van der Waals surface area contributed by atoms with Crippen LogP contribution in [0.25, 0.3) is 0 Å². The van der Waals surface area contributed by atoms with Gasteiger partial charge >= 0.3 is 18.2 Å². The molecular weight excluding hydrogens is 367 g/mol. The Kier molecular flexibility index (Phi) is 5.49. The molecule has 2 amide bonds. The number of aromatic nitrogens is 2. The van der Waals surface area contributed by atoms with Crippen molar-refractivity contribution in [1.82, 2.24) is 20.4 Å². The van der Waals surface area contributed by atoms with Crippen LogP contribution in [0.4, 0.5) is 23.8 Å². The lowest BCUT2D eigenvalue weighted by Gasteiger charge is -2.42. The van der Waals surface area contributed by atoms with E-state index in [1.165, 1.54) is 0 Å². The average molecular weight is 387 g/mol. The van der Waals surface area contributed by atoms with Crippen molar-refractivity contribution < 1.29 is 27.9 Å².